The summed E-state index contributed by atoms with van der Waals surface area (Å²) in [5, 5.41) is 2.51. The van der Waals surface area contributed by atoms with Gasteiger partial charge in [0.25, 0.3) is 5.91 Å². The largest absolute Gasteiger partial charge is 0.354 e. The number of rotatable bonds is 2. The van der Waals surface area contributed by atoms with E-state index >= 15 is 0 Å². The lowest BCUT2D eigenvalue weighted by atomic mass is 10.1. The van der Waals surface area contributed by atoms with Crippen LogP contribution < -0.4 is 10.7 Å². The first-order valence-corrected chi connectivity index (χ1v) is 7.94. The molecule has 0 saturated carbocycles. The number of H-pyrrole nitrogens is 1. The van der Waals surface area contributed by atoms with Gasteiger partial charge in [-0.25, -0.2) is 13.2 Å². The Hall–Kier alpha value is -3.61. The number of fused-ring (bicyclic) bond motifs is 2. The summed E-state index contributed by atoms with van der Waals surface area (Å²) < 4.78 is 40.5. The summed E-state index contributed by atoms with van der Waals surface area (Å²) in [5.41, 5.74) is 0.0618. The molecule has 0 aliphatic heterocycles. The number of amides is 1. The molecule has 1 heterocycles. The number of hydrogen-bond acceptors (Lipinski definition) is 2. The number of carbonyl (C=O) groups excluding carboxylic acids is 1. The highest BCUT2D eigenvalue weighted by atomic mass is 19.1. The van der Waals surface area contributed by atoms with E-state index in [0.717, 1.165) is 18.2 Å². The Balaban J connectivity index is 1.90. The summed E-state index contributed by atoms with van der Waals surface area (Å²) in [4.78, 5) is 28.1. The maximum Gasteiger partial charge on any atom is 0.257 e. The molecule has 0 radical (unpaired) electrons. The Labute approximate surface area is 150 Å². The zero-order valence-electron chi connectivity index (χ0n) is 13.6. The molecule has 0 aliphatic rings. The van der Waals surface area contributed by atoms with E-state index in [-0.39, 0.29) is 21.9 Å². The van der Waals surface area contributed by atoms with Crippen LogP contribution in [0.15, 0.2) is 59.4 Å². The van der Waals surface area contributed by atoms with Crippen molar-refractivity contribution in [2.75, 3.05) is 5.32 Å². The smallest absolute Gasteiger partial charge is 0.257 e. The van der Waals surface area contributed by atoms with Crippen LogP contribution in [0.25, 0.3) is 21.8 Å². The summed E-state index contributed by atoms with van der Waals surface area (Å²) >= 11 is 0. The van der Waals surface area contributed by atoms with Crippen LogP contribution in [0.5, 0.6) is 0 Å². The van der Waals surface area contributed by atoms with Crippen molar-refractivity contribution in [2.45, 2.75) is 0 Å². The fraction of sp³-hybridized carbons (Fsp3) is 0. The Morgan fingerprint density at radius 3 is 2.22 bits per heavy atom. The van der Waals surface area contributed by atoms with Gasteiger partial charge in [0.2, 0.25) is 0 Å². The van der Waals surface area contributed by atoms with Gasteiger partial charge in [-0.1, -0.05) is 0 Å². The van der Waals surface area contributed by atoms with Crippen LogP contribution in [0, 0.1) is 17.5 Å². The number of benzene rings is 3. The molecule has 3 aromatic carbocycles. The van der Waals surface area contributed by atoms with Crippen molar-refractivity contribution in [1.82, 2.24) is 4.98 Å². The van der Waals surface area contributed by atoms with Crippen LogP contribution in [0.1, 0.15) is 10.4 Å². The summed E-state index contributed by atoms with van der Waals surface area (Å²) in [6.45, 7) is 0. The van der Waals surface area contributed by atoms with Crippen molar-refractivity contribution < 1.29 is 18.0 Å². The number of nitrogens with one attached hydrogen (secondary N) is 2. The number of aromatic nitrogens is 1. The molecule has 1 aromatic heterocycles. The molecular weight excluding hydrogens is 357 g/mol. The average Bonchev–Trinajstić information content (AvgIpc) is 2.64. The van der Waals surface area contributed by atoms with E-state index in [2.05, 4.69) is 10.3 Å². The zero-order chi connectivity index (χ0) is 19.1. The molecule has 0 aliphatic carbocycles. The second-order valence-corrected chi connectivity index (χ2v) is 5.98. The van der Waals surface area contributed by atoms with Crippen LogP contribution in [0.4, 0.5) is 18.9 Å². The molecule has 1 amide bonds. The third-order valence-corrected chi connectivity index (χ3v) is 4.18. The van der Waals surface area contributed by atoms with Crippen LogP contribution in [-0.2, 0) is 0 Å². The van der Waals surface area contributed by atoms with E-state index in [9.17, 15) is 22.8 Å². The van der Waals surface area contributed by atoms with Crippen LogP contribution in [0.2, 0.25) is 0 Å². The average molecular weight is 368 g/mol. The predicted octanol–water partition coefficient (Wildman–Crippen LogP) is 4.35. The fourth-order valence-corrected chi connectivity index (χ4v) is 2.92. The molecule has 0 fully saturated rings. The fourth-order valence-electron chi connectivity index (χ4n) is 2.92. The summed E-state index contributed by atoms with van der Waals surface area (Å²) in [6.07, 6.45) is 0. The van der Waals surface area contributed by atoms with Crippen molar-refractivity contribution in [3.63, 3.8) is 0 Å². The van der Waals surface area contributed by atoms with Gasteiger partial charge in [0.15, 0.2) is 5.43 Å². The maximum absolute atomic E-state index is 14.1. The predicted molar refractivity (Wildman–Crippen MR) is 96.3 cm³/mol. The van der Waals surface area contributed by atoms with Gasteiger partial charge in [-0.3, -0.25) is 9.59 Å². The van der Waals surface area contributed by atoms with Crippen molar-refractivity contribution >= 4 is 33.4 Å². The number of aromatic amines is 1. The van der Waals surface area contributed by atoms with Crippen molar-refractivity contribution in [1.29, 1.82) is 0 Å². The summed E-state index contributed by atoms with van der Waals surface area (Å²) in [5.74, 6) is -2.53. The minimum atomic E-state index is -0.784. The number of anilines is 1. The van der Waals surface area contributed by atoms with Gasteiger partial charge in [0.05, 0.1) is 11.1 Å². The van der Waals surface area contributed by atoms with Gasteiger partial charge in [-0.2, -0.15) is 0 Å². The monoisotopic (exact) mass is 368 g/mol. The first kappa shape index (κ1) is 16.8. The molecule has 0 saturated heterocycles. The highest BCUT2D eigenvalue weighted by Crippen LogP contribution is 2.22. The minimum absolute atomic E-state index is 0.0537. The minimum Gasteiger partial charge on any atom is -0.354 e. The van der Waals surface area contributed by atoms with Crippen molar-refractivity contribution in [3.05, 3.63) is 87.8 Å². The molecule has 4 aromatic rings. The molecule has 2 N–H and O–H groups in total. The lowest BCUT2D eigenvalue weighted by Crippen LogP contribution is -2.15. The molecule has 27 heavy (non-hydrogen) atoms. The summed E-state index contributed by atoms with van der Waals surface area (Å²) in [7, 11) is 0. The Morgan fingerprint density at radius 1 is 0.815 bits per heavy atom. The van der Waals surface area contributed by atoms with Gasteiger partial charge in [-0.15, -0.1) is 0 Å². The Bertz CT molecular complexity index is 1260. The lowest BCUT2D eigenvalue weighted by molar-refractivity contribution is 0.102. The molecule has 0 bridgehead atoms. The van der Waals surface area contributed by atoms with Gasteiger partial charge in [0.1, 0.15) is 17.5 Å². The number of hydrogen-bond donors (Lipinski definition) is 2. The molecule has 0 atom stereocenters. The Morgan fingerprint density at radius 2 is 1.48 bits per heavy atom. The van der Waals surface area contributed by atoms with Crippen LogP contribution >= 0.6 is 0 Å². The van der Waals surface area contributed by atoms with E-state index in [1.54, 1.807) is 0 Å². The lowest BCUT2D eigenvalue weighted by Gasteiger charge is -2.10. The number of halogens is 3. The quantitative estimate of drug-likeness (QED) is 0.517. The van der Waals surface area contributed by atoms with E-state index < -0.39 is 28.8 Å². The normalized spacial score (nSPS) is 11.1. The molecule has 0 spiro atoms. The zero-order valence-corrected chi connectivity index (χ0v) is 13.6. The second-order valence-electron chi connectivity index (χ2n) is 5.98. The molecule has 4 rings (SSSR count). The van der Waals surface area contributed by atoms with Gasteiger partial charge in [0, 0.05) is 22.0 Å². The highest BCUT2D eigenvalue weighted by Gasteiger charge is 2.17. The van der Waals surface area contributed by atoms with E-state index in [4.69, 9.17) is 0 Å². The van der Waals surface area contributed by atoms with Crippen molar-refractivity contribution in [2.24, 2.45) is 0 Å². The molecule has 7 heteroatoms. The number of pyridine rings is 1. The first-order valence-electron chi connectivity index (χ1n) is 7.94. The third-order valence-electron chi connectivity index (χ3n) is 4.18. The van der Waals surface area contributed by atoms with Crippen molar-refractivity contribution in [3.8, 4) is 0 Å². The van der Waals surface area contributed by atoms with Gasteiger partial charge in [-0.05, 0) is 54.6 Å². The van der Waals surface area contributed by atoms with E-state index in [0.29, 0.717) is 11.2 Å². The Kier molecular flexibility index (Phi) is 3.92. The topological polar surface area (TPSA) is 62.0 Å². The van der Waals surface area contributed by atoms with Gasteiger partial charge >= 0.3 is 0 Å². The molecule has 0 unspecified atom stereocenters. The van der Waals surface area contributed by atoms with E-state index in [1.165, 1.54) is 36.4 Å². The maximum atomic E-state index is 14.1. The van der Waals surface area contributed by atoms with E-state index in [1.807, 2.05) is 0 Å². The summed E-state index contributed by atoms with van der Waals surface area (Å²) in [6, 6.07) is 10.6. The number of carbonyl (C=O) groups is 1. The van der Waals surface area contributed by atoms with Crippen LogP contribution in [-0.4, -0.2) is 10.9 Å². The first-order chi connectivity index (χ1) is 12.9. The highest BCUT2D eigenvalue weighted by molar-refractivity contribution is 6.13. The second kappa shape index (κ2) is 6.28. The van der Waals surface area contributed by atoms with Gasteiger partial charge < -0.3 is 10.3 Å². The molecule has 4 nitrogen and oxygen atoms in total. The third kappa shape index (κ3) is 3.03. The SMILES string of the molecule is O=C(Nc1ccc(F)cc1)c1cc(F)cc2c(=O)c3cc(F)ccc3[nH]c12. The standard InChI is InChI=1S/C20H11F3N2O2/c21-10-1-4-13(5-2-10)24-20(27)16-9-12(23)8-15-18(16)25-17-6-3-11(22)7-14(17)19(15)26/h1-9H,(H,24,27)(H,25,26). The molecular formula is C20H11F3N2O2. The molecule has 134 valence electrons. The van der Waals surface area contributed by atoms with Crippen LogP contribution in [0.3, 0.4) is 0 Å².